The molecule has 2 aromatic carbocycles. The third-order valence-electron chi connectivity index (χ3n) is 3.67. The van der Waals surface area contributed by atoms with E-state index in [1.54, 1.807) is 25.3 Å². The van der Waals surface area contributed by atoms with Gasteiger partial charge in [0, 0.05) is 5.69 Å². The number of para-hydroxylation sites is 1. The van der Waals surface area contributed by atoms with Crippen LogP contribution in [-0.4, -0.2) is 19.1 Å². The standard InChI is InChI=1S/C21H21BrN2O3/c1-13(2)27-20-17(22)10-15(11-19(20)26-4)9-16(12-23)21(25)24-18-8-6-5-7-14(18)3/h5-11,13H,1-4H3,(H,24,25)/b16-9+. The SMILES string of the molecule is COc1cc(/C=C(\C#N)C(=O)Nc2ccccc2C)cc(Br)c1OC(C)C. The third-order valence-corrected chi connectivity index (χ3v) is 4.26. The van der Waals surface area contributed by atoms with E-state index in [-0.39, 0.29) is 11.7 Å². The van der Waals surface area contributed by atoms with Crippen molar-refractivity contribution in [1.29, 1.82) is 5.26 Å². The number of carbonyl (C=O) groups excluding carboxylic acids is 1. The van der Waals surface area contributed by atoms with Gasteiger partial charge in [-0.1, -0.05) is 18.2 Å². The number of hydrogen-bond donors (Lipinski definition) is 1. The molecule has 6 heteroatoms. The van der Waals surface area contributed by atoms with Crippen LogP contribution in [0.15, 0.2) is 46.4 Å². The van der Waals surface area contributed by atoms with Crippen molar-refractivity contribution in [3.63, 3.8) is 0 Å². The summed E-state index contributed by atoms with van der Waals surface area (Å²) in [5, 5.41) is 12.2. The summed E-state index contributed by atoms with van der Waals surface area (Å²) in [6.45, 7) is 5.73. The van der Waals surface area contributed by atoms with Gasteiger partial charge in [-0.3, -0.25) is 4.79 Å². The van der Waals surface area contributed by atoms with Crippen LogP contribution in [-0.2, 0) is 4.79 Å². The first-order chi connectivity index (χ1) is 12.8. The molecule has 0 spiro atoms. The second-order valence-electron chi connectivity index (χ2n) is 6.14. The lowest BCUT2D eigenvalue weighted by Crippen LogP contribution is -2.14. The molecule has 2 aromatic rings. The Morgan fingerprint density at radius 3 is 2.59 bits per heavy atom. The van der Waals surface area contributed by atoms with Crippen molar-refractivity contribution in [2.75, 3.05) is 12.4 Å². The normalized spacial score (nSPS) is 11.1. The molecule has 0 radical (unpaired) electrons. The van der Waals surface area contributed by atoms with Crippen LogP contribution in [0.1, 0.15) is 25.0 Å². The van der Waals surface area contributed by atoms with Gasteiger partial charge in [-0.25, -0.2) is 0 Å². The van der Waals surface area contributed by atoms with E-state index in [9.17, 15) is 10.1 Å². The lowest BCUT2D eigenvalue weighted by molar-refractivity contribution is -0.112. The van der Waals surface area contributed by atoms with Crippen LogP contribution in [0.3, 0.4) is 0 Å². The molecule has 2 rings (SSSR count). The number of hydrogen-bond acceptors (Lipinski definition) is 4. The quantitative estimate of drug-likeness (QED) is 0.513. The van der Waals surface area contributed by atoms with Gasteiger partial charge < -0.3 is 14.8 Å². The van der Waals surface area contributed by atoms with Crippen molar-refractivity contribution in [2.45, 2.75) is 26.9 Å². The molecule has 0 aliphatic rings. The van der Waals surface area contributed by atoms with Gasteiger partial charge in [0.2, 0.25) is 0 Å². The van der Waals surface area contributed by atoms with Crippen molar-refractivity contribution >= 4 is 33.6 Å². The molecule has 0 aliphatic heterocycles. The number of nitriles is 1. The molecule has 0 bridgehead atoms. The minimum atomic E-state index is -0.468. The first kappa shape index (κ1) is 20.5. The van der Waals surface area contributed by atoms with Gasteiger partial charge in [-0.2, -0.15) is 5.26 Å². The average molecular weight is 429 g/mol. The number of rotatable bonds is 6. The summed E-state index contributed by atoms with van der Waals surface area (Å²) in [4.78, 5) is 12.5. The molecule has 0 unspecified atom stereocenters. The third kappa shape index (κ3) is 5.35. The van der Waals surface area contributed by atoms with Crippen LogP contribution >= 0.6 is 15.9 Å². The summed E-state index contributed by atoms with van der Waals surface area (Å²) in [5.41, 5.74) is 2.22. The van der Waals surface area contributed by atoms with Crippen LogP contribution in [0.25, 0.3) is 6.08 Å². The fourth-order valence-electron chi connectivity index (χ4n) is 2.39. The van der Waals surface area contributed by atoms with E-state index in [1.807, 2.05) is 45.0 Å². The van der Waals surface area contributed by atoms with E-state index in [4.69, 9.17) is 9.47 Å². The van der Waals surface area contributed by atoms with Crippen molar-refractivity contribution in [2.24, 2.45) is 0 Å². The van der Waals surface area contributed by atoms with Crippen molar-refractivity contribution in [3.8, 4) is 17.6 Å². The van der Waals surface area contributed by atoms with Crippen LogP contribution in [0.2, 0.25) is 0 Å². The maximum Gasteiger partial charge on any atom is 0.266 e. The summed E-state index contributed by atoms with van der Waals surface area (Å²) in [6, 6.07) is 12.8. The highest BCUT2D eigenvalue weighted by atomic mass is 79.9. The van der Waals surface area contributed by atoms with Crippen LogP contribution in [0.5, 0.6) is 11.5 Å². The van der Waals surface area contributed by atoms with Gasteiger partial charge in [0.15, 0.2) is 11.5 Å². The summed E-state index contributed by atoms with van der Waals surface area (Å²) < 4.78 is 11.8. The molecule has 0 aliphatic carbocycles. The van der Waals surface area contributed by atoms with Gasteiger partial charge in [-0.15, -0.1) is 0 Å². The molecular formula is C21H21BrN2O3. The first-order valence-electron chi connectivity index (χ1n) is 8.38. The smallest absolute Gasteiger partial charge is 0.266 e. The number of benzene rings is 2. The predicted octanol–water partition coefficient (Wildman–Crippen LogP) is 5.10. The highest BCUT2D eigenvalue weighted by molar-refractivity contribution is 9.10. The Morgan fingerprint density at radius 2 is 2.00 bits per heavy atom. The van der Waals surface area contributed by atoms with E-state index < -0.39 is 5.91 Å². The van der Waals surface area contributed by atoms with Gasteiger partial charge in [0.25, 0.3) is 5.91 Å². The van der Waals surface area contributed by atoms with Gasteiger partial charge in [-0.05, 0) is 72.1 Å². The highest BCUT2D eigenvalue weighted by Gasteiger charge is 2.15. The molecule has 0 heterocycles. The minimum Gasteiger partial charge on any atom is -0.493 e. The number of nitrogens with one attached hydrogen (secondary N) is 1. The molecule has 0 saturated heterocycles. The molecule has 5 nitrogen and oxygen atoms in total. The van der Waals surface area contributed by atoms with Crippen molar-refractivity contribution in [3.05, 3.63) is 57.6 Å². The number of ether oxygens (including phenoxy) is 2. The zero-order valence-corrected chi connectivity index (χ0v) is 17.3. The summed E-state index contributed by atoms with van der Waals surface area (Å²) in [5.74, 6) is 0.623. The second kappa shape index (κ2) is 9.24. The lowest BCUT2D eigenvalue weighted by atomic mass is 10.1. The Hall–Kier alpha value is -2.78. The van der Waals surface area contributed by atoms with Crippen LogP contribution in [0, 0.1) is 18.3 Å². The zero-order valence-electron chi connectivity index (χ0n) is 15.7. The minimum absolute atomic E-state index is 0.00951. The first-order valence-corrected chi connectivity index (χ1v) is 9.18. The Morgan fingerprint density at radius 1 is 1.30 bits per heavy atom. The number of aryl methyl sites for hydroxylation is 1. The topological polar surface area (TPSA) is 71.3 Å². The van der Waals surface area contributed by atoms with Crippen LogP contribution in [0.4, 0.5) is 5.69 Å². The van der Waals surface area contributed by atoms with Crippen molar-refractivity contribution in [1.82, 2.24) is 0 Å². The zero-order chi connectivity index (χ0) is 20.0. The summed E-state index contributed by atoms with van der Waals surface area (Å²) >= 11 is 3.46. The number of methoxy groups -OCH3 is 1. The van der Waals surface area contributed by atoms with Crippen molar-refractivity contribution < 1.29 is 14.3 Å². The largest absolute Gasteiger partial charge is 0.493 e. The maximum absolute atomic E-state index is 12.5. The summed E-state index contributed by atoms with van der Waals surface area (Å²) in [6.07, 6.45) is 1.49. The van der Waals surface area contributed by atoms with E-state index in [0.717, 1.165) is 5.56 Å². The average Bonchev–Trinajstić information content (AvgIpc) is 2.63. The predicted molar refractivity (Wildman–Crippen MR) is 110 cm³/mol. The van der Waals surface area contributed by atoms with E-state index in [1.165, 1.54) is 6.08 Å². The lowest BCUT2D eigenvalue weighted by Gasteiger charge is -2.16. The van der Waals surface area contributed by atoms with E-state index >= 15 is 0 Å². The number of anilines is 1. The Kier molecular flexibility index (Phi) is 7.03. The molecule has 1 N–H and O–H groups in total. The number of halogens is 1. The van der Waals surface area contributed by atoms with Gasteiger partial charge in [0.1, 0.15) is 11.6 Å². The van der Waals surface area contributed by atoms with Crippen LogP contribution < -0.4 is 14.8 Å². The molecule has 140 valence electrons. The molecule has 0 fully saturated rings. The number of nitrogens with zero attached hydrogens (tertiary/aromatic N) is 1. The molecule has 0 atom stereocenters. The molecule has 1 amide bonds. The molecule has 0 aromatic heterocycles. The van der Waals surface area contributed by atoms with E-state index in [2.05, 4.69) is 21.2 Å². The molecular weight excluding hydrogens is 408 g/mol. The highest BCUT2D eigenvalue weighted by Crippen LogP contribution is 2.38. The van der Waals surface area contributed by atoms with E-state index in [0.29, 0.717) is 27.2 Å². The number of carbonyl (C=O) groups is 1. The Bertz CT molecular complexity index is 914. The Balaban J connectivity index is 2.34. The fourth-order valence-corrected chi connectivity index (χ4v) is 2.94. The Labute approximate surface area is 167 Å². The van der Waals surface area contributed by atoms with Gasteiger partial charge >= 0.3 is 0 Å². The molecule has 0 saturated carbocycles. The summed E-state index contributed by atoms with van der Waals surface area (Å²) in [7, 11) is 1.54. The fraction of sp³-hybridized carbons (Fsp3) is 0.238. The second-order valence-corrected chi connectivity index (χ2v) is 6.99. The number of amides is 1. The molecule has 27 heavy (non-hydrogen) atoms. The monoisotopic (exact) mass is 428 g/mol. The van der Waals surface area contributed by atoms with Gasteiger partial charge in [0.05, 0.1) is 17.7 Å². The maximum atomic E-state index is 12.5.